The fourth-order valence-electron chi connectivity index (χ4n) is 1.18. The van der Waals surface area contributed by atoms with Gasteiger partial charge >= 0.3 is 7.60 Å². The first-order valence-corrected chi connectivity index (χ1v) is 7.06. The molecule has 0 radical (unpaired) electrons. The lowest BCUT2D eigenvalue weighted by molar-refractivity contribution is -0.114. The third kappa shape index (κ3) is 4.60. The van der Waals surface area contributed by atoms with E-state index in [2.05, 4.69) is 0 Å². The molecule has 0 saturated carbocycles. The summed E-state index contributed by atoms with van der Waals surface area (Å²) in [7, 11) is -3.32. The third-order valence-corrected chi connectivity index (χ3v) is 4.37. The number of ketones is 1. The van der Waals surface area contributed by atoms with Crippen LogP contribution < -0.4 is 0 Å². The molecule has 1 atom stereocenters. The number of hydrogen-bond acceptors (Lipinski definition) is 4. The average molecular weight is 248 g/mol. The zero-order valence-electron chi connectivity index (χ0n) is 10.6. The van der Waals surface area contributed by atoms with E-state index < -0.39 is 13.3 Å². The molecule has 0 aliphatic carbocycles. The van der Waals surface area contributed by atoms with Crippen molar-refractivity contribution in [1.29, 1.82) is 0 Å². The molecule has 0 amide bonds. The maximum Gasteiger partial charge on any atom is 0.341 e. The minimum Gasteiger partial charge on any atom is -0.308 e. The summed E-state index contributed by atoms with van der Waals surface area (Å²) in [6, 6.07) is 0. The van der Waals surface area contributed by atoms with Crippen LogP contribution in [0.1, 0.15) is 34.6 Å². The van der Waals surface area contributed by atoms with E-state index >= 15 is 0 Å². The normalized spacial score (nSPS) is 13.3. The van der Waals surface area contributed by atoms with Crippen molar-refractivity contribution < 1.29 is 18.4 Å². The Kier molecular flexibility index (Phi) is 6.81. The summed E-state index contributed by atoms with van der Waals surface area (Å²) in [5.41, 5.74) is 0.124. The fourth-order valence-corrected chi connectivity index (χ4v) is 2.81. The van der Waals surface area contributed by atoms with Crippen LogP contribution in [0, 0.1) is 0 Å². The number of rotatable bonds is 7. The van der Waals surface area contributed by atoms with E-state index in [9.17, 15) is 9.36 Å². The van der Waals surface area contributed by atoms with Gasteiger partial charge in [0.2, 0.25) is 0 Å². The van der Waals surface area contributed by atoms with Crippen LogP contribution in [0.3, 0.4) is 0 Å². The van der Waals surface area contributed by atoms with E-state index in [1.165, 1.54) is 6.08 Å². The molecule has 0 spiro atoms. The van der Waals surface area contributed by atoms with Crippen LogP contribution in [0.15, 0.2) is 11.6 Å². The van der Waals surface area contributed by atoms with E-state index in [-0.39, 0.29) is 19.0 Å². The van der Waals surface area contributed by atoms with E-state index in [1.807, 2.05) is 13.8 Å². The fraction of sp³-hybridized carbons (Fsp3) is 0.727. The highest BCUT2D eigenvalue weighted by atomic mass is 31.2. The van der Waals surface area contributed by atoms with Crippen molar-refractivity contribution in [2.75, 3.05) is 13.2 Å². The maximum atomic E-state index is 12.2. The number of hydrogen-bond donors (Lipinski definition) is 0. The van der Waals surface area contributed by atoms with Crippen LogP contribution in [0.4, 0.5) is 0 Å². The molecule has 0 bridgehead atoms. The van der Waals surface area contributed by atoms with Gasteiger partial charge in [0.05, 0.1) is 13.2 Å². The third-order valence-electron chi connectivity index (χ3n) is 1.94. The van der Waals surface area contributed by atoms with Crippen molar-refractivity contribution in [2.24, 2.45) is 0 Å². The average Bonchev–Trinajstić information content (AvgIpc) is 2.16. The van der Waals surface area contributed by atoms with Crippen LogP contribution in [0.5, 0.6) is 0 Å². The number of carbonyl (C=O) groups is 1. The highest BCUT2D eigenvalue weighted by Gasteiger charge is 2.35. The quantitative estimate of drug-likeness (QED) is 0.513. The molecular weight excluding hydrogens is 227 g/mol. The van der Waals surface area contributed by atoms with Gasteiger partial charge < -0.3 is 9.05 Å². The van der Waals surface area contributed by atoms with Gasteiger partial charge in [-0.3, -0.25) is 9.36 Å². The molecule has 4 nitrogen and oxygen atoms in total. The van der Waals surface area contributed by atoms with Crippen LogP contribution in [-0.2, 0) is 18.4 Å². The molecule has 0 rings (SSSR count). The smallest absolute Gasteiger partial charge is 0.308 e. The Hall–Kier alpha value is -0.440. The Morgan fingerprint density at radius 3 is 2.00 bits per heavy atom. The van der Waals surface area contributed by atoms with Gasteiger partial charge in [-0.1, -0.05) is 5.57 Å². The number of allylic oxidation sites excluding steroid dienone is 2. The summed E-state index contributed by atoms with van der Waals surface area (Å²) >= 11 is 0. The van der Waals surface area contributed by atoms with Crippen molar-refractivity contribution >= 4 is 13.4 Å². The monoisotopic (exact) mass is 248 g/mol. The minimum absolute atomic E-state index is 0.217. The van der Waals surface area contributed by atoms with E-state index in [0.717, 1.165) is 5.57 Å². The summed E-state index contributed by atoms with van der Waals surface area (Å²) in [5, 5.41) is 0. The maximum absolute atomic E-state index is 12.2. The molecule has 0 heterocycles. The van der Waals surface area contributed by atoms with Crippen molar-refractivity contribution in [3.8, 4) is 0 Å². The second-order valence-corrected chi connectivity index (χ2v) is 6.05. The van der Waals surface area contributed by atoms with E-state index in [0.29, 0.717) is 0 Å². The Morgan fingerprint density at radius 1 is 1.25 bits per heavy atom. The molecular formula is C11H21O4P. The Balaban J connectivity index is 4.87. The molecule has 0 aliphatic rings. The van der Waals surface area contributed by atoms with Gasteiger partial charge in [0.15, 0.2) is 5.78 Å². The van der Waals surface area contributed by atoms with Crippen LogP contribution in [0.2, 0.25) is 0 Å². The highest BCUT2D eigenvalue weighted by molar-refractivity contribution is 7.55. The lowest BCUT2D eigenvalue weighted by atomic mass is 10.2. The van der Waals surface area contributed by atoms with Crippen molar-refractivity contribution in [3.05, 3.63) is 11.6 Å². The van der Waals surface area contributed by atoms with Crippen molar-refractivity contribution in [3.63, 3.8) is 0 Å². The highest BCUT2D eigenvalue weighted by Crippen LogP contribution is 2.53. The molecule has 1 unspecified atom stereocenters. The Labute approximate surface area is 97.6 Å². The summed E-state index contributed by atoms with van der Waals surface area (Å²) in [6.07, 6.45) is 1.47. The van der Waals surface area contributed by atoms with Gasteiger partial charge in [-0.05, 0) is 40.7 Å². The first kappa shape index (κ1) is 15.6. The van der Waals surface area contributed by atoms with Gasteiger partial charge in [0.1, 0.15) is 5.66 Å². The number of carbonyl (C=O) groups excluding carboxylic acids is 1. The molecule has 0 fully saturated rings. The first-order valence-electron chi connectivity index (χ1n) is 5.44. The second kappa shape index (κ2) is 7.00. The summed E-state index contributed by atoms with van der Waals surface area (Å²) in [6.45, 7) is 9.20. The van der Waals surface area contributed by atoms with Crippen LogP contribution in [0.25, 0.3) is 0 Å². The van der Waals surface area contributed by atoms with E-state index in [1.54, 1.807) is 20.8 Å². The largest absolute Gasteiger partial charge is 0.341 e. The van der Waals surface area contributed by atoms with Crippen molar-refractivity contribution in [2.45, 2.75) is 40.3 Å². The van der Waals surface area contributed by atoms with Crippen LogP contribution in [-0.4, -0.2) is 24.7 Å². The molecule has 0 aromatic carbocycles. The van der Waals surface area contributed by atoms with Gasteiger partial charge in [0, 0.05) is 0 Å². The topological polar surface area (TPSA) is 52.6 Å². The molecule has 94 valence electrons. The summed E-state index contributed by atoms with van der Waals surface area (Å²) < 4.78 is 22.5. The molecule has 0 aliphatic heterocycles. The summed E-state index contributed by atoms with van der Waals surface area (Å²) in [4.78, 5) is 11.7. The van der Waals surface area contributed by atoms with Gasteiger partial charge in [-0.25, -0.2) is 0 Å². The molecule has 0 saturated heterocycles. The minimum atomic E-state index is -3.32. The molecule has 16 heavy (non-hydrogen) atoms. The first-order chi connectivity index (χ1) is 7.37. The zero-order valence-corrected chi connectivity index (χ0v) is 11.5. The zero-order chi connectivity index (χ0) is 12.8. The van der Waals surface area contributed by atoms with Crippen molar-refractivity contribution in [1.82, 2.24) is 0 Å². The van der Waals surface area contributed by atoms with Gasteiger partial charge in [-0.2, -0.15) is 0 Å². The standard InChI is InChI=1S/C11H21O4P/c1-6-14-16(13,15-7-2)10(5)11(12)8-9(3)4/h8,10H,6-7H2,1-5H3. The van der Waals surface area contributed by atoms with Gasteiger partial charge in [0.25, 0.3) is 0 Å². The molecule has 0 N–H and O–H groups in total. The molecule has 0 aromatic heterocycles. The lowest BCUT2D eigenvalue weighted by Crippen LogP contribution is -2.18. The predicted octanol–water partition coefficient (Wildman–Crippen LogP) is 3.18. The second-order valence-electron chi connectivity index (χ2n) is 3.68. The Morgan fingerprint density at radius 2 is 1.69 bits per heavy atom. The van der Waals surface area contributed by atoms with E-state index in [4.69, 9.17) is 9.05 Å². The molecule has 0 aromatic rings. The predicted molar refractivity (Wildman–Crippen MR) is 64.8 cm³/mol. The SMILES string of the molecule is CCOP(=O)(OCC)C(C)C(=O)C=C(C)C. The lowest BCUT2D eigenvalue weighted by Gasteiger charge is -2.21. The van der Waals surface area contributed by atoms with Gasteiger partial charge in [-0.15, -0.1) is 0 Å². The summed E-state index contributed by atoms with van der Waals surface area (Å²) in [5.74, 6) is -0.217. The Bertz CT molecular complexity index is 295. The van der Waals surface area contributed by atoms with Crippen LogP contribution >= 0.6 is 7.60 Å². The molecule has 5 heteroatoms.